The first-order chi connectivity index (χ1) is 8.66. The van der Waals surface area contributed by atoms with Gasteiger partial charge >= 0.3 is 0 Å². The van der Waals surface area contributed by atoms with Gasteiger partial charge < -0.3 is 10.6 Å². The van der Waals surface area contributed by atoms with Crippen LogP contribution in [0.15, 0.2) is 23.8 Å². The predicted octanol–water partition coefficient (Wildman–Crippen LogP) is 1.63. The molecule has 0 fully saturated rings. The van der Waals surface area contributed by atoms with Crippen LogP contribution in [-0.4, -0.2) is 29.5 Å². The molecule has 1 aliphatic rings. The molecule has 0 aromatic carbocycles. The van der Waals surface area contributed by atoms with E-state index in [9.17, 15) is 10.1 Å². The van der Waals surface area contributed by atoms with Crippen molar-refractivity contribution in [1.82, 2.24) is 10.3 Å². The molecule has 0 saturated carbocycles. The molecule has 0 spiro atoms. The molecule has 1 aromatic heterocycles. The van der Waals surface area contributed by atoms with E-state index in [1.54, 1.807) is 13.0 Å². The summed E-state index contributed by atoms with van der Waals surface area (Å²) < 4.78 is 0. The molecule has 2 heterocycles. The highest BCUT2D eigenvalue weighted by Gasteiger charge is 2.11. The summed E-state index contributed by atoms with van der Waals surface area (Å²) in [4.78, 5) is 14.4. The number of nitrogens with one attached hydrogen (secondary N) is 2. The van der Waals surface area contributed by atoms with Crippen molar-refractivity contribution in [2.45, 2.75) is 13.3 Å². The van der Waals surface area contributed by atoms with E-state index in [1.807, 2.05) is 0 Å². The Morgan fingerprint density at radius 2 is 2.39 bits per heavy atom. The lowest BCUT2D eigenvalue weighted by atomic mass is 10.1. The Kier molecular flexibility index (Phi) is 3.88. The summed E-state index contributed by atoms with van der Waals surface area (Å²) in [7, 11) is 0. The molecule has 0 radical (unpaired) electrons. The van der Waals surface area contributed by atoms with Crippen LogP contribution in [0.5, 0.6) is 0 Å². The monoisotopic (exact) mass is 248 g/mol. The first kappa shape index (κ1) is 12.5. The van der Waals surface area contributed by atoms with Gasteiger partial charge in [-0.15, -0.1) is 0 Å². The van der Waals surface area contributed by atoms with E-state index in [0.717, 1.165) is 26.1 Å². The van der Waals surface area contributed by atoms with E-state index >= 15 is 0 Å². The van der Waals surface area contributed by atoms with Crippen LogP contribution in [0.4, 0.5) is 11.5 Å². The fourth-order valence-corrected chi connectivity index (χ4v) is 1.88. The third kappa shape index (κ3) is 3.04. The zero-order chi connectivity index (χ0) is 13.0. The average molecular weight is 248 g/mol. The molecule has 18 heavy (non-hydrogen) atoms. The van der Waals surface area contributed by atoms with Gasteiger partial charge in [0.1, 0.15) is 11.5 Å². The highest BCUT2D eigenvalue weighted by Crippen LogP contribution is 2.18. The van der Waals surface area contributed by atoms with Crippen molar-refractivity contribution < 1.29 is 4.92 Å². The van der Waals surface area contributed by atoms with Crippen molar-refractivity contribution in [2.24, 2.45) is 0 Å². The Bertz CT molecular complexity index is 485. The second-order valence-electron chi connectivity index (χ2n) is 4.23. The number of nitro groups is 1. The summed E-state index contributed by atoms with van der Waals surface area (Å²) in [5, 5.41) is 17.1. The van der Waals surface area contributed by atoms with Crippen LogP contribution in [-0.2, 0) is 0 Å². The van der Waals surface area contributed by atoms with Crippen molar-refractivity contribution >= 4 is 11.5 Å². The number of nitrogens with zero attached hydrogens (tertiary/aromatic N) is 2. The minimum absolute atomic E-state index is 0.0571. The number of hydrogen-bond donors (Lipinski definition) is 2. The van der Waals surface area contributed by atoms with Crippen molar-refractivity contribution in [3.05, 3.63) is 39.6 Å². The van der Waals surface area contributed by atoms with Crippen molar-refractivity contribution in [3.63, 3.8) is 0 Å². The Morgan fingerprint density at radius 1 is 1.56 bits per heavy atom. The van der Waals surface area contributed by atoms with Gasteiger partial charge in [-0.1, -0.05) is 11.6 Å². The topological polar surface area (TPSA) is 80.1 Å². The molecular weight excluding hydrogens is 232 g/mol. The molecule has 0 unspecified atom stereocenters. The molecule has 0 aliphatic carbocycles. The van der Waals surface area contributed by atoms with Gasteiger partial charge in [0.05, 0.1) is 4.92 Å². The summed E-state index contributed by atoms with van der Waals surface area (Å²) in [5.41, 5.74) is 1.83. The maximum Gasteiger partial charge on any atom is 0.290 e. The number of rotatable bonds is 4. The fourth-order valence-electron chi connectivity index (χ4n) is 1.88. The first-order valence-corrected chi connectivity index (χ1v) is 5.91. The third-order valence-corrected chi connectivity index (χ3v) is 2.91. The van der Waals surface area contributed by atoms with E-state index in [2.05, 4.69) is 21.7 Å². The van der Waals surface area contributed by atoms with Crippen LogP contribution >= 0.6 is 0 Å². The summed E-state index contributed by atoms with van der Waals surface area (Å²) >= 11 is 0. The van der Waals surface area contributed by atoms with Gasteiger partial charge in [-0.3, -0.25) is 10.1 Å². The molecule has 0 bridgehead atoms. The van der Waals surface area contributed by atoms with Gasteiger partial charge in [-0.2, -0.15) is 0 Å². The molecule has 6 nitrogen and oxygen atoms in total. The Balaban J connectivity index is 1.99. The first-order valence-electron chi connectivity index (χ1n) is 5.91. The Labute approximate surface area is 105 Å². The third-order valence-electron chi connectivity index (χ3n) is 2.91. The highest BCUT2D eigenvalue weighted by atomic mass is 16.6. The van der Waals surface area contributed by atoms with E-state index < -0.39 is 4.92 Å². The molecule has 2 N–H and O–H groups in total. The van der Waals surface area contributed by atoms with E-state index in [-0.39, 0.29) is 5.69 Å². The summed E-state index contributed by atoms with van der Waals surface area (Å²) in [6.45, 7) is 4.29. The van der Waals surface area contributed by atoms with Gasteiger partial charge in [0.25, 0.3) is 5.69 Å². The maximum absolute atomic E-state index is 10.7. The second-order valence-corrected chi connectivity index (χ2v) is 4.23. The molecule has 96 valence electrons. The summed E-state index contributed by atoms with van der Waals surface area (Å²) in [6.07, 6.45) is 3.19. The van der Waals surface area contributed by atoms with Crippen LogP contribution in [0.25, 0.3) is 0 Å². The van der Waals surface area contributed by atoms with Crippen LogP contribution in [0, 0.1) is 17.0 Å². The van der Waals surface area contributed by atoms with Gasteiger partial charge in [-0.25, -0.2) is 4.98 Å². The van der Waals surface area contributed by atoms with E-state index in [4.69, 9.17) is 0 Å². The zero-order valence-electron chi connectivity index (χ0n) is 10.3. The molecule has 0 atom stereocenters. The minimum atomic E-state index is -0.415. The van der Waals surface area contributed by atoms with Gasteiger partial charge in [0.15, 0.2) is 0 Å². The molecule has 0 saturated heterocycles. The number of aryl methyl sites for hydroxylation is 1. The SMILES string of the molecule is Cc1nc(NCC2=CCNCC2)ccc1[N+](=O)[O-]. The molecule has 0 amide bonds. The van der Waals surface area contributed by atoms with Crippen molar-refractivity contribution in [2.75, 3.05) is 25.0 Å². The number of anilines is 1. The lowest BCUT2D eigenvalue weighted by Gasteiger charge is -2.14. The fraction of sp³-hybridized carbons (Fsp3) is 0.417. The predicted molar refractivity (Wildman–Crippen MR) is 69.7 cm³/mol. The standard InChI is InChI=1S/C12H16N4O2/c1-9-11(16(17)18)2-3-12(15-9)14-8-10-4-6-13-7-5-10/h2-4,13H,5-8H2,1H3,(H,14,15). The number of aromatic nitrogens is 1. The molecule has 1 aromatic rings. The molecule has 2 rings (SSSR count). The lowest BCUT2D eigenvalue weighted by Crippen LogP contribution is -2.23. The zero-order valence-corrected chi connectivity index (χ0v) is 10.3. The van der Waals surface area contributed by atoms with Crippen LogP contribution in [0.3, 0.4) is 0 Å². The van der Waals surface area contributed by atoms with Gasteiger partial charge in [0.2, 0.25) is 0 Å². The van der Waals surface area contributed by atoms with E-state index in [1.165, 1.54) is 11.6 Å². The van der Waals surface area contributed by atoms with Gasteiger partial charge in [-0.05, 0) is 26.0 Å². The Morgan fingerprint density at radius 3 is 3.00 bits per heavy atom. The lowest BCUT2D eigenvalue weighted by molar-refractivity contribution is -0.385. The van der Waals surface area contributed by atoms with Crippen LogP contribution < -0.4 is 10.6 Å². The van der Waals surface area contributed by atoms with Crippen LogP contribution in [0.2, 0.25) is 0 Å². The Hall–Kier alpha value is -1.95. The number of hydrogen-bond acceptors (Lipinski definition) is 5. The van der Waals surface area contributed by atoms with Gasteiger partial charge in [0, 0.05) is 19.2 Å². The summed E-state index contributed by atoms with van der Waals surface area (Å²) in [6, 6.07) is 3.13. The van der Waals surface area contributed by atoms with Crippen molar-refractivity contribution in [1.29, 1.82) is 0 Å². The quantitative estimate of drug-likeness (QED) is 0.481. The van der Waals surface area contributed by atoms with Crippen LogP contribution in [0.1, 0.15) is 12.1 Å². The maximum atomic E-state index is 10.7. The summed E-state index contributed by atoms with van der Waals surface area (Å²) in [5.74, 6) is 0.678. The minimum Gasteiger partial charge on any atom is -0.366 e. The number of pyridine rings is 1. The average Bonchev–Trinajstić information content (AvgIpc) is 2.37. The molecule has 1 aliphatic heterocycles. The van der Waals surface area contributed by atoms with E-state index in [0.29, 0.717) is 11.5 Å². The normalized spacial score (nSPS) is 15.1. The highest BCUT2D eigenvalue weighted by molar-refractivity contribution is 5.45. The second kappa shape index (κ2) is 5.59. The molecular formula is C12H16N4O2. The smallest absolute Gasteiger partial charge is 0.290 e. The molecule has 6 heteroatoms. The van der Waals surface area contributed by atoms with Crippen molar-refractivity contribution in [3.8, 4) is 0 Å². The largest absolute Gasteiger partial charge is 0.366 e.